The van der Waals surface area contributed by atoms with Crippen molar-refractivity contribution in [2.75, 3.05) is 13.7 Å². The van der Waals surface area contributed by atoms with Crippen molar-refractivity contribution in [1.82, 2.24) is 15.1 Å². The van der Waals surface area contributed by atoms with Gasteiger partial charge in [-0.2, -0.15) is 0 Å². The molecule has 8 heteroatoms. The maximum absolute atomic E-state index is 13.3. The zero-order chi connectivity index (χ0) is 25.5. The summed E-state index contributed by atoms with van der Waals surface area (Å²) in [5, 5.41) is 2.94. The summed E-state index contributed by atoms with van der Waals surface area (Å²) in [5.41, 5.74) is 1.61. The van der Waals surface area contributed by atoms with Crippen molar-refractivity contribution in [2.24, 2.45) is 0 Å². The van der Waals surface area contributed by atoms with Gasteiger partial charge < -0.3 is 15.0 Å². The molecule has 0 aliphatic carbocycles. The Morgan fingerprint density at radius 1 is 1.03 bits per heavy atom. The predicted molar refractivity (Wildman–Crippen MR) is 132 cm³/mol. The Balaban J connectivity index is 1.69. The molecule has 2 aromatic carbocycles. The van der Waals surface area contributed by atoms with E-state index >= 15 is 0 Å². The SMILES string of the molecule is CC[C@H](C)NC(=O)[C@H](C)N(Cc1cccc(OC)c1)C(=O)CCCN1C(=O)c2ccccc2C1=O. The molecule has 1 aliphatic heterocycles. The van der Waals surface area contributed by atoms with Gasteiger partial charge in [-0.05, 0) is 56.5 Å². The number of hydrogen-bond acceptors (Lipinski definition) is 5. The third kappa shape index (κ3) is 6.07. The lowest BCUT2D eigenvalue weighted by molar-refractivity contribution is -0.141. The monoisotopic (exact) mass is 479 g/mol. The molecule has 0 radical (unpaired) electrons. The zero-order valence-corrected chi connectivity index (χ0v) is 20.7. The summed E-state index contributed by atoms with van der Waals surface area (Å²) in [4.78, 5) is 54.0. The molecule has 186 valence electrons. The predicted octanol–water partition coefficient (Wildman–Crippen LogP) is 3.40. The second-order valence-electron chi connectivity index (χ2n) is 8.78. The third-order valence-corrected chi connectivity index (χ3v) is 6.31. The first kappa shape index (κ1) is 25.9. The van der Waals surface area contributed by atoms with E-state index < -0.39 is 6.04 Å². The summed E-state index contributed by atoms with van der Waals surface area (Å²) in [6.07, 6.45) is 1.18. The van der Waals surface area contributed by atoms with Gasteiger partial charge in [0.2, 0.25) is 11.8 Å². The molecular weight excluding hydrogens is 446 g/mol. The summed E-state index contributed by atoms with van der Waals surface area (Å²) in [5.74, 6) is -0.468. The van der Waals surface area contributed by atoms with Crippen molar-refractivity contribution in [3.63, 3.8) is 0 Å². The highest BCUT2D eigenvalue weighted by molar-refractivity contribution is 6.21. The lowest BCUT2D eigenvalue weighted by Gasteiger charge is -2.30. The molecule has 8 nitrogen and oxygen atoms in total. The number of nitrogens with one attached hydrogen (secondary N) is 1. The van der Waals surface area contributed by atoms with Gasteiger partial charge in [0.1, 0.15) is 11.8 Å². The number of methoxy groups -OCH3 is 1. The zero-order valence-electron chi connectivity index (χ0n) is 20.7. The number of ether oxygens (including phenoxy) is 1. The maximum Gasteiger partial charge on any atom is 0.261 e. The van der Waals surface area contributed by atoms with Gasteiger partial charge >= 0.3 is 0 Å². The molecule has 1 aliphatic rings. The highest BCUT2D eigenvalue weighted by atomic mass is 16.5. The highest BCUT2D eigenvalue weighted by Gasteiger charge is 2.35. The summed E-state index contributed by atoms with van der Waals surface area (Å²) in [7, 11) is 1.57. The van der Waals surface area contributed by atoms with E-state index in [1.165, 1.54) is 9.80 Å². The Bertz CT molecular complexity index is 1060. The van der Waals surface area contributed by atoms with Crippen LogP contribution in [0.1, 0.15) is 66.3 Å². The van der Waals surface area contributed by atoms with E-state index in [1.54, 1.807) is 38.3 Å². The van der Waals surface area contributed by atoms with Crippen LogP contribution in [0.2, 0.25) is 0 Å². The van der Waals surface area contributed by atoms with Gasteiger partial charge in [0.25, 0.3) is 11.8 Å². The molecule has 0 saturated heterocycles. The Morgan fingerprint density at radius 3 is 2.29 bits per heavy atom. The van der Waals surface area contributed by atoms with Crippen LogP contribution in [-0.2, 0) is 16.1 Å². The van der Waals surface area contributed by atoms with E-state index in [1.807, 2.05) is 38.1 Å². The van der Waals surface area contributed by atoms with Crippen molar-refractivity contribution in [3.8, 4) is 5.75 Å². The van der Waals surface area contributed by atoms with Crippen LogP contribution in [0.15, 0.2) is 48.5 Å². The van der Waals surface area contributed by atoms with Crippen LogP contribution < -0.4 is 10.1 Å². The molecule has 0 bridgehead atoms. The Labute approximate surface area is 206 Å². The van der Waals surface area contributed by atoms with Crippen LogP contribution in [0.4, 0.5) is 0 Å². The largest absolute Gasteiger partial charge is 0.497 e. The van der Waals surface area contributed by atoms with Crippen molar-refractivity contribution in [2.45, 2.75) is 58.7 Å². The molecule has 0 fully saturated rings. The topological polar surface area (TPSA) is 96.0 Å². The van der Waals surface area contributed by atoms with E-state index in [4.69, 9.17) is 4.74 Å². The Kier molecular flexibility index (Phi) is 8.63. The number of carbonyl (C=O) groups is 4. The molecule has 2 atom stereocenters. The van der Waals surface area contributed by atoms with Crippen molar-refractivity contribution >= 4 is 23.6 Å². The van der Waals surface area contributed by atoms with Gasteiger partial charge in [-0.3, -0.25) is 24.1 Å². The number of fused-ring (bicyclic) bond motifs is 1. The Morgan fingerprint density at radius 2 is 1.69 bits per heavy atom. The molecule has 4 amide bonds. The molecule has 0 aromatic heterocycles. The van der Waals surface area contributed by atoms with Crippen molar-refractivity contribution in [1.29, 1.82) is 0 Å². The van der Waals surface area contributed by atoms with E-state index in [0.29, 0.717) is 23.3 Å². The lowest BCUT2D eigenvalue weighted by atomic mass is 10.1. The minimum absolute atomic E-state index is 0.00690. The number of hydrogen-bond donors (Lipinski definition) is 1. The molecule has 0 unspecified atom stereocenters. The summed E-state index contributed by atoms with van der Waals surface area (Å²) in [6, 6.07) is 13.4. The minimum Gasteiger partial charge on any atom is -0.497 e. The molecule has 0 spiro atoms. The van der Waals surface area contributed by atoms with Crippen molar-refractivity contribution < 1.29 is 23.9 Å². The summed E-state index contributed by atoms with van der Waals surface area (Å²) in [6.45, 7) is 5.98. The molecule has 35 heavy (non-hydrogen) atoms. The molecule has 2 aromatic rings. The van der Waals surface area contributed by atoms with Crippen LogP contribution in [0.3, 0.4) is 0 Å². The Hall–Kier alpha value is -3.68. The number of imide groups is 1. The average molecular weight is 480 g/mol. The second-order valence-corrected chi connectivity index (χ2v) is 8.78. The van der Waals surface area contributed by atoms with Gasteiger partial charge in [0, 0.05) is 25.6 Å². The van der Waals surface area contributed by atoms with Crippen LogP contribution in [-0.4, -0.2) is 59.2 Å². The first-order valence-corrected chi connectivity index (χ1v) is 11.9. The molecule has 1 N–H and O–H groups in total. The van der Waals surface area contributed by atoms with Gasteiger partial charge in [-0.25, -0.2) is 0 Å². The van der Waals surface area contributed by atoms with Crippen LogP contribution >= 0.6 is 0 Å². The molecule has 3 rings (SSSR count). The van der Waals surface area contributed by atoms with Gasteiger partial charge in [-0.15, -0.1) is 0 Å². The fourth-order valence-electron chi connectivity index (χ4n) is 3.99. The van der Waals surface area contributed by atoms with E-state index in [-0.39, 0.29) is 49.2 Å². The summed E-state index contributed by atoms with van der Waals surface area (Å²) >= 11 is 0. The number of nitrogens with zero attached hydrogens (tertiary/aromatic N) is 2. The smallest absolute Gasteiger partial charge is 0.261 e. The van der Waals surface area contributed by atoms with Crippen LogP contribution in [0.5, 0.6) is 5.75 Å². The second kappa shape index (κ2) is 11.6. The normalized spacial score (nSPS) is 14.3. The van der Waals surface area contributed by atoms with Gasteiger partial charge in [0.05, 0.1) is 18.2 Å². The van der Waals surface area contributed by atoms with E-state index in [9.17, 15) is 19.2 Å². The van der Waals surface area contributed by atoms with Crippen molar-refractivity contribution in [3.05, 3.63) is 65.2 Å². The first-order chi connectivity index (χ1) is 16.8. The fourth-order valence-corrected chi connectivity index (χ4v) is 3.99. The maximum atomic E-state index is 13.3. The molecule has 1 heterocycles. The van der Waals surface area contributed by atoms with Crippen LogP contribution in [0.25, 0.3) is 0 Å². The van der Waals surface area contributed by atoms with Gasteiger partial charge in [-0.1, -0.05) is 31.2 Å². The number of amides is 4. The fraction of sp³-hybridized carbons (Fsp3) is 0.407. The highest BCUT2D eigenvalue weighted by Crippen LogP contribution is 2.23. The summed E-state index contributed by atoms with van der Waals surface area (Å²) < 4.78 is 5.29. The first-order valence-electron chi connectivity index (χ1n) is 11.9. The average Bonchev–Trinajstić information content (AvgIpc) is 3.11. The third-order valence-electron chi connectivity index (χ3n) is 6.31. The quantitative estimate of drug-likeness (QED) is 0.499. The minimum atomic E-state index is -0.693. The number of carbonyl (C=O) groups excluding carboxylic acids is 4. The lowest BCUT2D eigenvalue weighted by Crippen LogP contribution is -2.49. The number of rotatable bonds is 11. The van der Waals surface area contributed by atoms with E-state index in [0.717, 1.165) is 12.0 Å². The molecule has 0 saturated carbocycles. The van der Waals surface area contributed by atoms with Crippen LogP contribution in [0, 0.1) is 0 Å². The van der Waals surface area contributed by atoms with E-state index in [2.05, 4.69) is 5.32 Å². The molecular formula is C27H33N3O5. The standard InChI is InChI=1S/C27H33N3O5/c1-5-18(2)28-25(32)19(3)30(17-20-10-8-11-21(16-20)35-4)24(31)14-9-15-29-26(33)22-12-6-7-13-23(22)27(29)34/h6-8,10-13,16,18-19H,5,9,14-15,17H2,1-4H3,(H,28,32)/t18-,19-/m0/s1. The van der Waals surface area contributed by atoms with Gasteiger partial charge in [0.15, 0.2) is 0 Å². The number of benzene rings is 2.